The quantitative estimate of drug-likeness (QED) is 0.423. The average Bonchev–Trinajstić information content (AvgIpc) is 2.93. The molecule has 2 aromatic rings. The maximum absolute atomic E-state index is 10.6. The van der Waals surface area contributed by atoms with Crippen LogP contribution in [0.4, 0.5) is 0 Å². The van der Waals surface area contributed by atoms with E-state index < -0.39 is 23.9 Å². The lowest BCUT2D eigenvalue weighted by atomic mass is 10.1. The number of hydrogen-bond acceptors (Lipinski definition) is 5. The van der Waals surface area contributed by atoms with Crippen LogP contribution < -0.4 is 5.73 Å². The maximum atomic E-state index is 10.6. The van der Waals surface area contributed by atoms with E-state index in [2.05, 4.69) is 4.98 Å². The van der Waals surface area contributed by atoms with Gasteiger partial charge in [0, 0.05) is 30.6 Å². The summed E-state index contributed by atoms with van der Waals surface area (Å²) in [4.78, 5) is 31.9. The summed E-state index contributed by atoms with van der Waals surface area (Å²) in [6.45, 7) is 0. The highest BCUT2D eigenvalue weighted by atomic mass is 16.4. The van der Waals surface area contributed by atoms with Crippen LogP contribution in [-0.2, 0) is 20.8 Å². The van der Waals surface area contributed by atoms with E-state index in [1.54, 1.807) is 0 Å². The first-order chi connectivity index (χ1) is 10.8. The number of aromatic amines is 1. The van der Waals surface area contributed by atoms with Crippen LogP contribution in [0.1, 0.15) is 5.56 Å². The van der Waals surface area contributed by atoms with Crippen LogP contribution in [0.5, 0.6) is 0 Å². The second kappa shape index (κ2) is 9.92. The number of fused-ring (bicyclic) bond motifs is 1. The van der Waals surface area contributed by atoms with Crippen molar-refractivity contribution in [2.45, 2.75) is 12.5 Å². The van der Waals surface area contributed by atoms with Gasteiger partial charge >= 0.3 is 17.9 Å². The highest BCUT2D eigenvalue weighted by Crippen LogP contribution is 2.18. The minimum atomic E-state index is -1.82. The van der Waals surface area contributed by atoms with Gasteiger partial charge in [-0.3, -0.25) is 4.79 Å². The number of aliphatic carboxylic acids is 3. The number of aromatic nitrogens is 1. The Labute approximate surface area is 131 Å². The zero-order valence-corrected chi connectivity index (χ0v) is 12.3. The van der Waals surface area contributed by atoms with Gasteiger partial charge in [0.1, 0.15) is 6.04 Å². The Balaban J connectivity index is 0.000000515. The molecule has 1 aromatic heterocycles. The van der Waals surface area contributed by atoms with Crippen molar-refractivity contribution in [3.63, 3.8) is 0 Å². The van der Waals surface area contributed by atoms with Gasteiger partial charge in [0.2, 0.25) is 0 Å². The molecule has 0 radical (unpaired) electrons. The van der Waals surface area contributed by atoms with Gasteiger partial charge in [0.15, 0.2) is 0 Å². The number of rotatable bonds is 3. The number of H-pyrrole nitrogens is 1. The molecule has 0 spiro atoms. The third-order valence-electron chi connectivity index (χ3n) is 2.61. The number of para-hydroxylation sites is 1. The average molecular weight is 326 g/mol. The van der Waals surface area contributed by atoms with Gasteiger partial charge in [-0.25, -0.2) is 9.59 Å². The molecule has 0 aliphatic carbocycles. The second-order valence-electron chi connectivity index (χ2n) is 4.12. The SMILES string of the molecule is CO.N[C@@H](Cc1c[nH]c2ccccc12)C(=O)O.O=C(O)C(=O)O. The van der Waals surface area contributed by atoms with E-state index in [1.165, 1.54) is 0 Å². The minimum Gasteiger partial charge on any atom is -0.480 e. The van der Waals surface area contributed by atoms with Crippen molar-refractivity contribution in [2.75, 3.05) is 7.11 Å². The van der Waals surface area contributed by atoms with E-state index in [1.807, 2.05) is 30.5 Å². The molecule has 2 rings (SSSR count). The molecular formula is C14H18N2O7. The Morgan fingerprint density at radius 1 is 1.09 bits per heavy atom. The number of carboxylic acid groups (broad SMARTS) is 3. The van der Waals surface area contributed by atoms with E-state index in [-0.39, 0.29) is 0 Å². The van der Waals surface area contributed by atoms with Crippen LogP contribution in [0.3, 0.4) is 0 Å². The van der Waals surface area contributed by atoms with Gasteiger partial charge in [0.05, 0.1) is 0 Å². The van der Waals surface area contributed by atoms with Crippen LogP contribution in [0, 0.1) is 0 Å². The smallest absolute Gasteiger partial charge is 0.414 e. The van der Waals surface area contributed by atoms with E-state index in [4.69, 9.17) is 35.7 Å². The van der Waals surface area contributed by atoms with Crippen molar-refractivity contribution >= 4 is 28.8 Å². The number of hydrogen-bond donors (Lipinski definition) is 6. The van der Waals surface area contributed by atoms with Crippen LogP contribution in [0.2, 0.25) is 0 Å². The third kappa shape index (κ3) is 6.59. The summed E-state index contributed by atoms with van der Waals surface area (Å²) < 4.78 is 0. The predicted molar refractivity (Wildman–Crippen MR) is 81.0 cm³/mol. The molecule has 0 saturated heterocycles. The lowest BCUT2D eigenvalue weighted by molar-refractivity contribution is -0.159. The van der Waals surface area contributed by atoms with E-state index in [9.17, 15) is 4.79 Å². The molecule has 9 heteroatoms. The standard InChI is InChI=1S/C11H12N2O2.C2H2O4.CH4O/c12-9(11(14)15)5-7-6-13-10-4-2-1-3-8(7)10;3-1(4)2(5)6;1-2/h1-4,6,9,13H,5,12H2,(H,14,15);(H,3,4)(H,5,6);2H,1H3/t9-;;/m0../s1. The van der Waals surface area contributed by atoms with Gasteiger partial charge in [-0.15, -0.1) is 0 Å². The molecule has 9 nitrogen and oxygen atoms in total. The zero-order valence-electron chi connectivity index (χ0n) is 12.3. The number of aliphatic hydroxyl groups excluding tert-OH is 1. The van der Waals surface area contributed by atoms with Gasteiger partial charge in [-0.05, 0) is 11.6 Å². The second-order valence-corrected chi connectivity index (χ2v) is 4.12. The molecule has 7 N–H and O–H groups in total. The van der Waals surface area contributed by atoms with Crippen LogP contribution in [0.25, 0.3) is 10.9 Å². The third-order valence-corrected chi connectivity index (χ3v) is 2.61. The summed E-state index contributed by atoms with van der Waals surface area (Å²) in [5.41, 5.74) is 7.43. The molecule has 1 atom stereocenters. The molecule has 0 fully saturated rings. The number of aliphatic hydroxyl groups is 1. The van der Waals surface area contributed by atoms with Gasteiger partial charge in [-0.2, -0.15) is 0 Å². The Kier molecular flexibility index (Phi) is 8.67. The monoisotopic (exact) mass is 326 g/mol. The normalized spacial score (nSPS) is 10.6. The Morgan fingerprint density at radius 3 is 2.09 bits per heavy atom. The van der Waals surface area contributed by atoms with Crippen LogP contribution >= 0.6 is 0 Å². The van der Waals surface area contributed by atoms with Crippen molar-refractivity contribution in [1.82, 2.24) is 4.98 Å². The molecule has 0 saturated carbocycles. The largest absolute Gasteiger partial charge is 0.480 e. The van der Waals surface area contributed by atoms with Gasteiger partial charge in [0.25, 0.3) is 0 Å². The molecule has 23 heavy (non-hydrogen) atoms. The Morgan fingerprint density at radius 2 is 1.61 bits per heavy atom. The summed E-state index contributed by atoms with van der Waals surface area (Å²) >= 11 is 0. The number of benzene rings is 1. The van der Waals surface area contributed by atoms with Crippen molar-refractivity contribution in [2.24, 2.45) is 5.73 Å². The van der Waals surface area contributed by atoms with Gasteiger partial charge < -0.3 is 31.1 Å². The summed E-state index contributed by atoms with van der Waals surface area (Å²) in [7, 11) is 1.00. The lowest BCUT2D eigenvalue weighted by Gasteiger charge is -2.04. The summed E-state index contributed by atoms with van der Waals surface area (Å²) in [5.74, 6) is -4.62. The van der Waals surface area contributed by atoms with E-state index >= 15 is 0 Å². The van der Waals surface area contributed by atoms with Crippen molar-refractivity contribution in [3.8, 4) is 0 Å². The molecule has 126 valence electrons. The molecular weight excluding hydrogens is 308 g/mol. The van der Waals surface area contributed by atoms with Crippen LogP contribution in [0.15, 0.2) is 30.5 Å². The van der Waals surface area contributed by atoms with Gasteiger partial charge in [-0.1, -0.05) is 18.2 Å². The fraction of sp³-hybridized carbons (Fsp3) is 0.214. The molecule has 0 aliphatic heterocycles. The molecule has 1 aromatic carbocycles. The first kappa shape index (κ1) is 20.1. The van der Waals surface area contributed by atoms with Crippen molar-refractivity contribution < 1.29 is 34.8 Å². The van der Waals surface area contributed by atoms with E-state index in [0.717, 1.165) is 23.6 Å². The number of nitrogens with two attached hydrogens (primary N) is 1. The summed E-state index contributed by atoms with van der Waals surface area (Å²) in [6.07, 6.45) is 2.16. The fourth-order valence-electron chi connectivity index (χ4n) is 1.62. The molecule has 0 unspecified atom stereocenters. The number of carboxylic acids is 3. The van der Waals surface area contributed by atoms with E-state index in [0.29, 0.717) is 6.42 Å². The maximum Gasteiger partial charge on any atom is 0.414 e. The Hall–Kier alpha value is -2.91. The molecule has 1 heterocycles. The van der Waals surface area contributed by atoms with Crippen LogP contribution in [-0.4, -0.2) is 56.5 Å². The minimum absolute atomic E-state index is 0.347. The molecule has 0 bridgehead atoms. The zero-order chi connectivity index (χ0) is 18.0. The fourth-order valence-corrected chi connectivity index (χ4v) is 1.62. The van der Waals surface area contributed by atoms with Crippen molar-refractivity contribution in [1.29, 1.82) is 0 Å². The Bertz CT molecular complexity index is 654. The highest BCUT2D eigenvalue weighted by Gasteiger charge is 2.14. The van der Waals surface area contributed by atoms with Crippen molar-refractivity contribution in [3.05, 3.63) is 36.0 Å². The number of nitrogens with one attached hydrogen (secondary N) is 1. The first-order valence-electron chi connectivity index (χ1n) is 6.27. The summed E-state index contributed by atoms with van der Waals surface area (Å²) in [6, 6.07) is 6.91. The number of carbonyl (C=O) groups is 3. The predicted octanol–water partition coefficient (Wildman–Crippen LogP) is -0.114. The topological polar surface area (TPSA) is 174 Å². The first-order valence-corrected chi connectivity index (χ1v) is 6.27. The summed E-state index contributed by atoms with van der Waals surface area (Å²) in [5, 5.41) is 31.5. The lowest BCUT2D eigenvalue weighted by Crippen LogP contribution is -2.32. The highest BCUT2D eigenvalue weighted by molar-refractivity contribution is 6.27. The molecule has 0 amide bonds. The molecule has 0 aliphatic rings.